The summed E-state index contributed by atoms with van der Waals surface area (Å²) < 4.78 is 0. The first-order valence-electron chi connectivity index (χ1n) is 10.1. The number of benzene rings is 1. The first-order valence-corrected chi connectivity index (χ1v) is 10.7. The third-order valence-corrected chi connectivity index (χ3v) is 6.63. The molecule has 1 fully saturated rings. The van der Waals surface area contributed by atoms with E-state index in [1.165, 1.54) is 16.7 Å². The molecular weight excluding hydrogens is 335 g/mol. The maximum Gasteiger partial charge on any atom is 0.173 e. The van der Waals surface area contributed by atoms with Crippen molar-refractivity contribution in [2.24, 2.45) is 0 Å². The van der Waals surface area contributed by atoms with Crippen LogP contribution in [0, 0.1) is 0 Å². The van der Waals surface area contributed by atoms with Gasteiger partial charge in [0.1, 0.15) is 0 Å². The highest BCUT2D eigenvalue weighted by Crippen LogP contribution is 2.45. The summed E-state index contributed by atoms with van der Waals surface area (Å²) in [5, 5.41) is -0.275. The third-order valence-electron chi connectivity index (χ3n) is 5.80. The van der Waals surface area contributed by atoms with Crippen molar-refractivity contribution >= 4 is 15.0 Å². The zero-order valence-electron chi connectivity index (χ0n) is 18.5. The van der Waals surface area contributed by atoms with Crippen LogP contribution in [0.5, 0.6) is 0 Å². The summed E-state index contributed by atoms with van der Waals surface area (Å²) in [5.41, 5.74) is 4.69. The molecule has 26 heavy (non-hydrogen) atoms. The maximum atomic E-state index is 13.8. The molecule has 0 aliphatic heterocycles. The fraction of sp³-hybridized carbons (Fsp3) is 0.708. The fourth-order valence-electron chi connectivity index (χ4n) is 3.98. The molecule has 1 aliphatic carbocycles. The molecule has 0 saturated heterocycles. The molecule has 1 aromatic rings. The van der Waals surface area contributed by atoms with Crippen molar-refractivity contribution in [1.29, 1.82) is 0 Å². The molecule has 0 aromatic heterocycles. The van der Waals surface area contributed by atoms with Crippen LogP contribution in [0.1, 0.15) is 115 Å². The number of ketones is 1. The van der Waals surface area contributed by atoms with Crippen LogP contribution in [-0.4, -0.2) is 10.9 Å². The summed E-state index contributed by atoms with van der Waals surface area (Å²) in [5.74, 6) is 0.343. The Bertz CT molecular complexity index is 651. The molecule has 0 bridgehead atoms. The Morgan fingerprint density at radius 2 is 1.19 bits per heavy atom. The molecule has 1 aromatic carbocycles. The lowest BCUT2D eigenvalue weighted by atomic mass is 9.70. The lowest BCUT2D eigenvalue weighted by Gasteiger charge is -2.35. The Hall–Kier alpha value is -0.680. The molecule has 0 spiro atoms. The monoisotopic (exact) mass is 374 g/mol. The Morgan fingerprint density at radius 3 is 1.50 bits per heavy atom. The summed E-state index contributed by atoms with van der Waals surface area (Å²) in [7, 11) is 2.93. The Morgan fingerprint density at radius 1 is 0.808 bits per heavy atom. The average Bonchev–Trinajstić information content (AvgIpc) is 2.90. The van der Waals surface area contributed by atoms with E-state index in [0.717, 1.165) is 31.2 Å². The van der Waals surface area contributed by atoms with Crippen LogP contribution >= 0.6 is 9.24 Å². The van der Waals surface area contributed by atoms with Gasteiger partial charge in [0.05, 0.1) is 0 Å². The highest BCUT2D eigenvalue weighted by Gasteiger charge is 2.41. The smallest absolute Gasteiger partial charge is 0.173 e. The maximum absolute atomic E-state index is 13.8. The molecular formula is C24H39OP. The standard InChI is InChI=1S/C24H39OP/c1-21(2,3)16-14-17(22(4,5)6)19(18(15-16)23(7,8)9)20(25)24(26)12-10-11-13-24/h14-15H,10-13,26H2,1-9H3. The van der Waals surface area contributed by atoms with Crippen molar-refractivity contribution in [3.05, 3.63) is 34.4 Å². The highest BCUT2D eigenvalue weighted by molar-refractivity contribution is 7.21. The molecule has 0 heterocycles. The van der Waals surface area contributed by atoms with Gasteiger partial charge < -0.3 is 0 Å². The summed E-state index contributed by atoms with van der Waals surface area (Å²) in [6.45, 7) is 20.2. The number of hydrogen-bond acceptors (Lipinski definition) is 1. The quantitative estimate of drug-likeness (QED) is 0.404. The number of carbonyl (C=O) groups is 1. The Labute approximate surface area is 163 Å². The Kier molecular flexibility index (Phi) is 5.60. The predicted octanol–water partition coefficient (Wildman–Crippen LogP) is 6.95. The van der Waals surface area contributed by atoms with Crippen LogP contribution < -0.4 is 0 Å². The van der Waals surface area contributed by atoms with Crippen LogP contribution in [0.2, 0.25) is 0 Å². The minimum Gasteiger partial charge on any atom is -0.293 e. The van der Waals surface area contributed by atoms with Crippen molar-refractivity contribution < 1.29 is 4.79 Å². The van der Waals surface area contributed by atoms with E-state index in [9.17, 15) is 4.79 Å². The van der Waals surface area contributed by atoms with E-state index in [4.69, 9.17) is 0 Å². The Balaban J connectivity index is 2.85. The molecule has 0 amide bonds. The van der Waals surface area contributed by atoms with Crippen molar-refractivity contribution in [3.63, 3.8) is 0 Å². The van der Waals surface area contributed by atoms with Crippen LogP contribution in [0.4, 0.5) is 0 Å². The summed E-state index contributed by atoms with van der Waals surface area (Å²) in [6.07, 6.45) is 4.30. The van der Waals surface area contributed by atoms with Gasteiger partial charge in [-0.15, -0.1) is 9.24 Å². The topological polar surface area (TPSA) is 17.1 Å². The zero-order valence-corrected chi connectivity index (χ0v) is 19.6. The minimum atomic E-state index is -0.275. The average molecular weight is 375 g/mol. The fourth-order valence-corrected chi connectivity index (χ4v) is 4.54. The number of hydrogen-bond donors (Lipinski definition) is 0. The van der Waals surface area contributed by atoms with Gasteiger partial charge in [0.2, 0.25) is 0 Å². The van der Waals surface area contributed by atoms with Crippen LogP contribution in [0.3, 0.4) is 0 Å². The molecule has 1 atom stereocenters. The molecule has 0 radical (unpaired) electrons. The van der Waals surface area contributed by atoms with Gasteiger partial charge >= 0.3 is 0 Å². The van der Waals surface area contributed by atoms with Gasteiger partial charge in [-0.25, -0.2) is 0 Å². The van der Waals surface area contributed by atoms with Gasteiger partial charge in [-0.2, -0.15) is 0 Å². The lowest BCUT2D eigenvalue weighted by molar-refractivity contribution is 0.0939. The van der Waals surface area contributed by atoms with E-state index in [-0.39, 0.29) is 21.4 Å². The molecule has 1 aliphatic rings. The van der Waals surface area contributed by atoms with E-state index in [1.54, 1.807) is 0 Å². The predicted molar refractivity (Wildman–Crippen MR) is 118 cm³/mol. The number of carbonyl (C=O) groups excluding carboxylic acids is 1. The highest BCUT2D eigenvalue weighted by atomic mass is 31.0. The second-order valence-corrected chi connectivity index (χ2v) is 12.5. The normalized spacial score (nSPS) is 18.2. The van der Waals surface area contributed by atoms with Gasteiger partial charge in [0.15, 0.2) is 5.78 Å². The largest absolute Gasteiger partial charge is 0.293 e. The summed E-state index contributed by atoms with van der Waals surface area (Å²) in [4.78, 5) is 13.8. The first kappa shape index (κ1) is 21.6. The molecule has 146 valence electrons. The van der Waals surface area contributed by atoms with Gasteiger partial charge in [0, 0.05) is 10.7 Å². The van der Waals surface area contributed by atoms with E-state index >= 15 is 0 Å². The van der Waals surface area contributed by atoms with Crippen molar-refractivity contribution in [2.75, 3.05) is 0 Å². The van der Waals surface area contributed by atoms with E-state index in [2.05, 4.69) is 83.7 Å². The van der Waals surface area contributed by atoms with E-state index < -0.39 is 0 Å². The zero-order chi connectivity index (χ0) is 20.1. The van der Waals surface area contributed by atoms with Crippen molar-refractivity contribution in [1.82, 2.24) is 0 Å². The van der Waals surface area contributed by atoms with E-state index in [0.29, 0.717) is 5.78 Å². The molecule has 2 rings (SSSR count). The lowest BCUT2D eigenvalue weighted by Crippen LogP contribution is -2.34. The SMILES string of the molecule is CC(C)(C)c1cc(C(C)(C)C)c(C(=O)C2(P)CCCC2)c(C(C)(C)C)c1. The third kappa shape index (κ3) is 4.24. The van der Waals surface area contributed by atoms with Crippen LogP contribution in [0.25, 0.3) is 0 Å². The van der Waals surface area contributed by atoms with E-state index in [1.807, 2.05) is 0 Å². The van der Waals surface area contributed by atoms with Crippen LogP contribution in [-0.2, 0) is 16.2 Å². The number of Topliss-reactive ketones (excluding diaryl/α,β-unsaturated/α-hetero) is 1. The number of rotatable bonds is 2. The summed E-state index contributed by atoms with van der Waals surface area (Å²) >= 11 is 0. The van der Waals surface area contributed by atoms with Gasteiger partial charge in [-0.05, 0) is 45.8 Å². The van der Waals surface area contributed by atoms with Gasteiger partial charge in [0.25, 0.3) is 0 Å². The van der Waals surface area contributed by atoms with Crippen molar-refractivity contribution in [2.45, 2.75) is 109 Å². The van der Waals surface area contributed by atoms with Gasteiger partial charge in [-0.1, -0.05) is 87.3 Å². The molecule has 0 N–H and O–H groups in total. The van der Waals surface area contributed by atoms with Crippen LogP contribution in [0.15, 0.2) is 12.1 Å². The molecule has 1 saturated carbocycles. The molecule has 2 heteroatoms. The molecule has 1 unspecified atom stereocenters. The minimum absolute atomic E-state index is 0.0631. The van der Waals surface area contributed by atoms with Crippen molar-refractivity contribution in [3.8, 4) is 0 Å². The van der Waals surface area contributed by atoms with Gasteiger partial charge in [-0.3, -0.25) is 4.79 Å². The first-order chi connectivity index (χ1) is 11.6. The second kappa shape index (κ2) is 6.73. The second-order valence-electron chi connectivity index (χ2n) is 11.4. The molecule has 1 nitrogen and oxygen atoms in total. The summed E-state index contributed by atoms with van der Waals surface area (Å²) in [6, 6.07) is 4.62.